The fourth-order valence-electron chi connectivity index (χ4n) is 2.35. The van der Waals surface area contributed by atoms with Gasteiger partial charge in [0.1, 0.15) is 17.0 Å². The van der Waals surface area contributed by atoms with Crippen LogP contribution in [0.1, 0.15) is 30.1 Å². The van der Waals surface area contributed by atoms with E-state index in [2.05, 4.69) is 0 Å². The standard InChI is InChI=1S/C13H16FNO5S/c1-13(14)5-2-6-15(8-13)21(19,20)9-3-4-11(16)10(7-9)12(17)18/h3-4,7,16H,2,5-6,8H2,1H3,(H,17,18). The number of hydrogen-bond donors (Lipinski definition) is 2. The van der Waals surface area contributed by atoms with E-state index in [0.717, 1.165) is 22.5 Å². The van der Waals surface area contributed by atoms with Gasteiger partial charge in [-0.05, 0) is 38.0 Å². The maximum Gasteiger partial charge on any atom is 0.339 e. The van der Waals surface area contributed by atoms with Gasteiger partial charge in [0.05, 0.1) is 4.90 Å². The molecule has 0 saturated carbocycles. The minimum Gasteiger partial charge on any atom is -0.507 e. The Kier molecular flexibility index (Phi) is 3.94. The van der Waals surface area contributed by atoms with Crippen LogP contribution in [0.4, 0.5) is 4.39 Å². The lowest BCUT2D eigenvalue weighted by molar-refractivity contribution is 0.0693. The first kappa shape index (κ1) is 15.7. The van der Waals surface area contributed by atoms with E-state index in [-0.39, 0.29) is 24.4 Å². The van der Waals surface area contributed by atoms with Crippen molar-refractivity contribution in [2.75, 3.05) is 13.1 Å². The maximum absolute atomic E-state index is 14.0. The van der Waals surface area contributed by atoms with Crippen LogP contribution in [0.15, 0.2) is 23.1 Å². The van der Waals surface area contributed by atoms with Crippen LogP contribution in [0.5, 0.6) is 5.75 Å². The van der Waals surface area contributed by atoms with Crippen molar-refractivity contribution in [1.82, 2.24) is 4.31 Å². The number of halogens is 1. The Bertz CT molecular complexity index is 671. The monoisotopic (exact) mass is 317 g/mol. The number of aromatic carboxylic acids is 1. The highest BCUT2D eigenvalue weighted by molar-refractivity contribution is 7.89. The first-order chi connectivity index (χ1) is 9.63. The molecule has 0 bridgehead atoms. The molecule has 0 amide bonds. The zero-order valence-electron chi connectivity index (χ0n) is 11.4. The second-order valence-corrected chi connectivity index (χ2v) is 7.28. The lowest BCUT2D eigenvalue weighted by Gasteiger charge is -2.34. The molecule has 1 aromatic carbocycles. The highest BCUT2D eigenvalue weighted by atomic mass is 32.2. The number of piperidine rings is 1. The Morgan fingerprint density at radius 2 is 2.10 bits per heavy atom. The van der Waals surface area contributed by atoms with Gasteiger partial charge in [0.2, 0.25) is 10.0 Å². The molecule has 1 atom stereocenters. The molecule has 2 rings (SSSR count). The van der Waals surface area contributed by atoms with Crippen molar-refractivity contribution in [3.05, 3.63) is 23.8 Å². The van der Waals surface area contributed by atoms with Crippen LogP contribution < -0.4 is 0 Å². The van der Waals surface area contributed by atoms with Crippen LogP contribution in [0.2, 0.25) is 0 Å². The SMILES string of the molecule is CC1(F)CCCN(S(=O)(=O)c2ccc(O)c(C(=O)O)c2)C1. The summed E-state index contributed by atoms with van der Waals surface area (Å²) >= 11 is 0. The summed E-state index contributed by atoms with van der Waals surface area (Å²) in [5.74, 6) is -1.95. The number of aromatic hydroxyl groups is 1. The fourth-order valence-corrected chi connectivity index (χ4v) is 3.96. The summed E-state index contributed by atoms with van der Waals surface area (Å²) in [4.78, 5) is 10.7. The summed E-state index contributed by atoms with van der Waals surface area (Å²) in [6.07, 6.45) is 0.686. The van der Waals surface area contributed by atoms with E-state index in [0.29, 0.717) is 6.42 Å². The summed E-state index contributed by atoms with van der Waals surface area (Å²) in [6, 6.07) is 3.01. The molecule has 116 valence electrons. The summed E-state index contributed by atoms with van der Waals surface area (Å²) in [5, 5.41) is 18.3. The Labute approximate surface area is 121 Å². The van der Waals surface area contributed by atoms with Gasteiger partial charge >= 0.3 is 5.97 Å². The molecule has 1 fully saturated rings. The highest BCUT2D eigenvalue weighted by Crippen LogP contribution is 2.30. The molecule has 1 aromatic rings. The summed E-state index contributed by atoms with van der Waals surface area (Å²) < 4.78 is 39.9. The number of carboxylic acids is 1. The van der Waals surface area contributed by atoms with E-state index in [1.165, 1.54) is 6.92 Å². The average molecular weight is 317 g/mol. The molecular weight excluding hydrogens is 301 g/mol. The van der Waals surface area contributed by atoms with Gasteiger partial charge in [-0.25, -0.2) is 17.6 Å². The summed E-state index contributed by atoms with van der Waals surface area (Å²) in [6.45, 7) is 1.26. The van der Waals surface area contributed by atoms with E-state index in [4.69, 9.17) is 5.11 Å². The molecule has 1 unspecified atom stereocenters. The van der Waals surface area contributed by atoms with Crippen molar-refractivity contribution in [2.24, 2.45) is 0 Å². The van der Waals surface area contributed by atoms with Crippen molar-refractivity contribution in [3.8, 4) is 5.75 Å². The smallest absolute Gasteiger partial charge is 0.339 e. The second-order valence-electron chi connectivity index (χ2n) is 5.34. The van der Waals surface area contributed by atoms with Crippen LogP contribution in [0.25, 0.3) is 0 Å². The van der Waals surface area contributed by atoms with Gasteiger partial charge in [0, 0.05) is 13.1 Å². The van der Waals surface area contributed by atoms with Gasteiger partial charge in [-0.2, -0.15) is 4.31 Å². The largest absolute Gasteiger partial charge is 0.507 e. The van der Waals surface area contributed by atoms with E-state index < -0.39 is 33.0 Å². The number of phenols is 1. The fraction of sp³-hybridized carbons (Fsp3) is 0.462. The number of rotatable bonds is 3. The molecular formula is C13H16FNO5S. The zero-order chi connectivity index (χ0) is 15.8. The molecule has 1 aliphatic rings. The van der Waals surface area contributed by atoms with Crippen molar-refractivity contribution in [1.29, 1.82) is 0 Å². The van der Waals surface area contributed by atoms with Gasteiger partial charge in [-0.3, -0.25) is 0 Å². The Morgan fingerprint density at radius 1 is 1.43 bits per heavy atom. The van der Waals surface area contributed by atoms with Gasteiger partial charge in [-0.1, -0.05) is 0 Å². The summed E-state index contributed by atoms with van der Waals surface area (Å²) in [5.41, 5.74) is -2.10. The van der Waals surface area contributed by atoms with Crippen LogP contribution in [-0.2, 0) is 10.0 Å². The third-order valence-electron chi connectivity index (χ3n) is 3.45. The minimum atomic E-state index is -3.99. The number of carboxylic acid groups (broad SMARTS) is 1. The molecule has 1 heterocycles. The quantitative estimate of drug-likeness (QED) is 0.883. The topological polar surface area (TPSA) is 94.9 Å². The molecule has 6 nitrogen and oxygen atoms in total. The molecule has 0 radical (unpaired) electrons. The first-order valence-corrected chi connectivity index (χ1v) is 7.83. The van der Waals surface area contributed by atoms with Crippen molar-refractivity contribution in [3.63, 3.8) is 0 Å². The third kappa shape index (κ3) is 3.16. The molecule has 0 aromatic heterocycles. The zero-order valence-corrected chi connectivity index (χ0v) is 12.2. The van der Waals surface area contributed by atoms with Gasteiger partial charge in [-0.15, -0.1) is 0 Å². The van der Waals surface area contributed by atoms with Crippen molar-refractivity contribution in [2.45, 2.75) is 30.3 Å². The lowest BCUT2D eigenvalue weighted by atomic mass is 9.99. The van der Waals surface area contributed by atoms with E-state index >= 15 is 0 Å². The van der Waals surface area contributed by atoms with E-state index in [1.54, 1.807) is 0 Å². The normalized spacial score (nSPS) is 23.9. The number of hydrogen-bond acceptors (Lipinski definition) is 4. The van der Waals surface area contributed by atoms with E-state index in [1.807, 2.05) is 0 Å². The Morgan fingerprint density at radius 3 is 2.67 bits per heavy atom. The molecule has 21 heavy (non-hydrogen) atoms. The highest BCUT2D eigenvalue weighted by Gasteiger charge is 2.37. The first-order valence-electron chi connectivity index (χ1n) is 6.39. The van der Waals surface area contributed by atoms with E-state index in [9.17, 15) is 22.7 Å². The maximum atomic E-state index is 14.0. The molecule has 1 saturated heterocycles. The Balaban J connectivity index is 2.40. The van der Waals surface area contributed by atoms with Gasteiger partial charge < -0.3 is 10.2 Å². The molecule has 2 N–H and O–H groups in total. The predicted octanol–water partition coefficient (Wildman–Crippen LogP) is 1.60. The minimum absolute atomic E-state index is 0.186. The molecule has 1 aliphatic heterocycles. The number of benzene rings is 1. The van der Waals surface area contributed by atoms with Gasteiger partial charge in [0.15, 0.2) is 0 Å². The molecule has 8 heteroatoms. The van der Waals surface area contributed by atoms with Gasteiger partial charge in [0.25, 0.3) is 0 Å². The number of nitrogens with zero attached hydrogens (tertiary/aromatic N) is 1. The summed E-state index contributed by atoms with van der Waals surface area (Å²) in [7, 11) is -3.99. The van der Waals surface area contributed by atoms with Crippen LogP contribution in [0.3, 0.4) is 0 Å². The second kappa shape index (κ2) is 5.27. The molecule has 0 aliphatic carbocycles. The number of carbonyl (C=O) groups is 1. The molecule has 0 spiro atoms. The van der Waals surface area contributed by atoms with Crippen LogP contribution in [-0.4, -0.2) is 47.7 Å². The number of sulfonamides is 1. The number of alkyl halides is 1. The Hall–Kier alpha value is -1.67. The van der Waals surface area contributed by atoms with Crippen molar-refractivity contribution < 1.29 is 27.8 Å². The van der Waals surface area contributed by atoms with Crippen LogP contribution >= 0.6 is 0 Å². The predicted molar refractivity (Wildman–Crippen MR) is 72.6 cm³/mol. The van der Waals surface area contributed by atoms with Crippen LogP contribution in [0, 0.1) is 0 Å². The third-order valence-corrected chi connectivity index (χ3v) is 5.29. The average Bonchev–Trinajstić information content (AvgIpc) is 2.37. The van der Waals surface area contributed by atoms with Crippen molar-refractivity contribution >= 4 is 16.0 Å². The lowest BCUT2D eigenvalue weighted by Crippen LogP contribution is -2.46.